The van der Waals surface area contributed by atoms with Crippen LogP contribution in [0.15, 0.2) is 48.5 Å². The van der Waals surface area contributed by atoms with Crippen LogP contribution < -0.4 is 29.6 Å². The van der Waals surface area contributed by atoms with E-state index in [-0.39, 0.29) is 86.2 Å². The van der Waals surface area contributed by atoms with E-state index in [1.54, 1.807) is 26.0 Å². The van der Waals surface area contributed by atoms with Crippen LogP contribution in [-0.4, -0.2) is 74.8 Å². The molecule has 2 atom stereocenters. The van der Waals surface area contributed by atoms with E-state index in [1.165, 1.54) is 14.2 Å². The fourth-order valence-corrected chi connectivity index (χ4v) is 6.11. The molecule has 2 aromatic heterocycles. The molecule has 2 heterocycles. The first-order chi connectivity index (χ1) is 26.9. The van der Waals surface area contributed by atoms with Gasteiger partial charge in [0.05, 0.1) is 27.4 Å². The second-order valence-corrected chi connectivity index (χ2v) is 13.2. The Morgan fingerprint density at radius 3 is 1.41 bits per heavy atom. The highest BCUT2D eigenvalue weighted by molar-refractivity contribution is 6.32. The Hall–Kier alpha value is -4.76. The van der Waals surface area contributed by atoms with Gasteiger partial charge in [0.15, 0.2) is 0 Å². The molecule has 0 bridgehead atoms. The number of hydrogen-bond acceptors (Lipinski definition) is 12. The summed E-state index contributed by atoms with van der Waals surface area (Å²) in [5, 5.41) is 6.19. The predicted molar refractivity (Wildman–Crippen MR) is 208 cm³/mol. The van der Waals surface area contributed by atoms with Crippen molar-refractivity contribution in [3.8, 4) is 34.6 Å². The van der Waals surface area contributed by atoms with Crippen LogP contribution in [0.4, 0.5) is 8.78 Å². The predicted octanol–water partition coefficient (Wildman–Crippen LogP) is 7.22. The number of halogens is 4. The van der Waals surface area contributed by atoms with Crippen molar-refractivity contribution < 1.29 is 46.8 Å². The van der Waals surface area contributed by atoms with E-state index in [2.05, 4.69) is 20.6 Å². The first-order valence-corrected chi connectivity index (χ1v) is 18.6. The van der Waals surface area contributed by atoms with E-state index in [4.69, 9.17) is 51.6 Å². The Labute approximate surface area is 335 Å². The van der Waals surface area contributed by atoms with Crippen LogP contribution in [-0.2, 0) is 45.4 Å². The van der Waals surface area contributed by atoms with Crippen molar-refractivity contribution in [2.45, 2.75) is 66.3 Å². The number of rotatable bonds is 21. The lowest BCUT2D eigenvalue weighted by atomic mass is 9.92. The summed E-state index contributed by atoms with van der Waals surface area (Å²) >= 11 is 13.1. The van der Waals surface area contributed by atoms with Gasteiger partial charge in [-0.15, -0.1) is 0 Å². The molecule has 0 saturated carbocycles. The van der Waals surface area contributed by atoms with E-state index in [9.17, 15) is 18.4 Å². The SMILES string of the molecule is CCOC(=O)[C@H](F)CNCc1cc(Cl)c(OCc2cccc(-c3cccc(COc4nc(OC)c(CNC[C@@H](F)C(=O)OCC)cc4Cl)c3C)c2C)nc1OC. The van der Waals surface area contributed by atoms with Gasteiger partial charge in [-0.05, 0) is 73.2 Å². The number of hydrogen-bond donors (Lipinski definition) is 2. The molecular weight excluding hydrogens is 773 g/mol. The molecule has 0 aliphatic carbocycles. The minimum atomic E-state index is -1.81. The van der Waals surface area contributed by atoms with Gasteiger partial charge in [-0.3, -0.25) is 0 Å². The molecule has 0 radical (unpaired) electrons. The van der Waals surface area contributed by atoms with Crippen molar-refractivity contribution in [1.29, 1.82) is 0 Å². The minimum absolute atomic E-state index is 0.0949. The first kappa shape index (κ1) is 44.0. The molecule has 0 aliphatic rings. The summed E-state index contributed by atoms with van der Waals surface area (Å²) in [5.74, 6) is -1.04. The monoisotopic (exact) mass is 818 g/mol. The summed E-state index contributed by atoms with van der Waals surface area (Å²) in [4.78, 5) is 32.0. The maximum Gasteiger partial charge on any atom is 0.342 e. The van der Waals surface area contributed by atoms with Gasteiger partial charge >= 0.3 is 11.9 Å². The van der Waals surface area contributed by atoms with E-state index in [0.717, 1.165) is 33.4 Å². The third-order valence-corrected chi connectivity index (χ3v) is 9.17. The largest absolute Gasteiger partial charge is 0.481 e. The van der Waals surface area contributed by atoms with E-state index < -0.39 is 24.3 Å². The van der Waals surface area contributed by atoms with Crippen LogP contribution in [0.25, 0.3) is 11.1 Å². The van der Waals surface area contributed by atoms with Gasteiger partial charge < -0.3 is 39.1 Å². The van der Waals surface area contributed by atoms with Gasteiger partial charge in [-0.2, -0.15) is 9.97 Å². The molecule has 0 unspecified atom stereocenters. The average Bonchev–Trinajstić information content (AvgIpc) is 3.18. The minimum Gasteiger partial charge on any atom is -0.481 e. The number of nitrogens with one attached hydrogen (secondary N) is 2. The van der Waals surface area contributed by atoms with E-state index >= 15 is 0 Å². The third-order valence-electron chi connectivity index (χ3n) is 8.63. The standard InChI is InChI=1S/C40H46Cl2F2N4O8/c1-7-53-39(49)33(43)19-45-17-27-15-31(41)37(47-35(27)51-5)55-21-25-11-9-13-29(23(25)3)30-14-10-12-26(24(30)4)22-56-38-32(42)16-28(36(48-38)52-6)18-46-20-34(44)40(50)54-8-2/h9-16,33-34,45-46H,7-8,17-22H2,1-6H3/t33-,34-/m1/s1. The summed E-state index contributed by atoms with van der Waals surface area (Å²) in [7, 11) is 2.91. The number of benzene rings is 2. The van der Waals surface area contributed by atoms with Crippen LogP contribution in [0.5, 0.6) is 23.5 Å². The molecule has 0 fully saturated rings. The second-order valence-electron chi connectivity index (χ2n) is 12.3. The summed E-state index contributed by atoms with van der Waals surface area (Å²) in [6.45, 7) is 7.54. The third kappa shape index (κ3) is 11.6. The lowest BCUT2D eigenvalue weighted by Crippen LogP contribution is -2.31. The Kier molecular flexibility index (Phi) is 16.9. The zero-order valence-corrected chi connectivity index (χ0v) is 33.6. The van der Waals surface area contributed by atoms with E-state index in [0.29, 0.717) is 11.1 Å². The maximum atomic E-state index is 14.0. The molecule has 4 rings (SSSR count). The Morgan fingerprint density at radius 2 is 1.05 bits per heavy atom. The molecule has 0 spiro atoms. The van der Waals surface area contributed by atoms with Gasteiger partial charge in [0.1, 0.15) is 23.3 Å². The number of carbonyl (C=O) groups excluding carboxylic acids is 2. The Morgan fingerprint density at radius 1 is 0.661 bits per heavy atom. The summed E-state index contributed by atoms with van der Waals surface area (Å²) in [6.07, 6.45) is -3.62. The maximum absolute atomic E-state index is 14.0. The number of aromatic nitrogens is 2. The number of pyridine rings is 2. The number of ether oxygens (including phenoxy) is 6. The number of alkyl halides is 2. The lowest BCUT2D eigenvalue weighted by Gasteiger charge is -2.18. The van der Waals surface area contributed by atoms with Crippen molar-refractivity contribution in [3.63, 3.8) is 0 Å². The van der Waals surface area contributed by atoms with E-state index in [1.807, 2.05) is 50.2 Å². The zero-order chi connectivity index (χ0) is 40.8. The summed E-state index contributed by atoms with van der Waals surface area (Å²) in [6, 6.07) is 15.1. The van der Waals surface area contributed by atoms with Gasteiger partial charge in [0.2, 0.25) is 35.9 Å². The first-order valence-electron chi connectivity index (χ1n) is 17.8. The number of methoxy groups -OCH3 is 2. The highest BCUT2D eigenvalue weighted by Crippen LogP contribution is 2.34. The van der Waals surface area contributed by atoms with Crippen LogP contribution in [0, 0.1) is 13.8 Å². The number of esters is 2. The zero-order valence-electron chi connectivity index (χ0n) is 32.1. The fraction of sp³-hybridized carbons (Fsp3) is 0.400. The molecule has 56 heavy (non-hydrogen) atoms. The van der Waals surface area contributed by atoms with Crippen molar-refractivity contribution in [1.82, 2.24) is 20.6 Å². The average molecular weight is 820 g/mol. The smallest absolute Gasteiger partial charge is 0.342 e. The molecular formula is C40H46Cl2F2N4O8. The highest BCUT2D eigenvalue weighted by Gasteiger charge is 2.21. The lowest BCUT2D eigenvalue weighted by molar-refractivity contribution is -0.149. The molecule has 12 nitrogen and oxygen atoms in total. The normalized spacial score (nSPS) is 12.1. The Bertz CT molecular complexity index is 1830. The topological polar surface area (TPSA) is 139 Å². The van der Waals surface area contributed by atoms with Crippen molar-refractivity contribution in [2.75, 3.05) is 40.5 Å². The molecule has 0 aliphatic heterocycles. The highest BCUT2D eigenvalue weighted by atomic mass is 35.5. The molecule has 4 aromatic rings. The molecule has 0 amide bonds. The van der Waals surface area contributed by atoms with Crippen molar-refractivity contribution in [2.24, 2.45) is 0 Å². The van der Waals surface area contributed by atoms with Crippen molar-refractivity contribution >= 4 is 35.1 Å². The van der Waals surface area contributed by atoms with Crippen LogP contribution in [0.1, 0.15) is 47.2 Å². The van der Waals surface area contributed by atoms with Crippen LogP contribution in [0.3, 0.4) is 0 Å². The van der Waals surface area contributed by atoms with Gasteiger partial charge in [0.25, 0.3) is 0 Å². The second kappa shape index (κ2) is 21.5. The molecule has 2 N–H and O–H groups in total. The molecule has 16 heteroatoms. The summed E-state index contributed by atoms with van der Waals surface area (Å²) in [5.41, 5.74) is 6.87. The van der Waals surface area contributed by atoms with Crippen LogP contribution in [0.2, 0.25) is 10.0 Å². The van der Waals surface area contributed by atoms with Gasteiger partial charge in [-0.25, -0.2) is 18.4 Å². The van der Waals surface area contributed by atoms with Crippen molar-refractivity contribution in [3.05, 3.63) is 92.0 Å². The quantitative estimate of drug-likeness (QED) is 0.0821. The Balaban J connectivity index is 1.43. The molecule has 2 aromatic carbocycles. The van der Waals surface area contributed by atoms with Crippen LogP contribution >= 0.6 is 23.2 Å². The summed E-state index contributed by atoms with van der Waals surface area (Å²) < 4.78 is 60.5. The molecule has 302 valence electrons. The fourth-order valence-electron chi connectivity index (χ4n) is 5.65. The molecule has 0 saturated heterocycles. The number of carbonyl (C=O) groups is 2. The number of nitrogens with zero attached hydrogens (tertiary/aromatic N) is 2. The van der Waals surface area contributed by atoms with Gasteiger partial charge in [-0.1, -0.05) is 59.6 Å². The van der Waals surface area contributed by atoms with Gasteiger partial charge in [0, 0.05) is 37.3 Å².